The van der Waals surface area contributed by atoms with E-state index in [1.54, 1.807) is 12.1 Å². The van der Waals surface area contributed by atoms with Crippen LogP contribution in [0.15, 0.2) is 42.5 Å². The Hall–Kier alpha value is -2.62. The first kappa shape index (κ1) is 14.3. The molecule has 1 aliphatic rings. The minimum absolute atomic E-state index is 0.295. The van der Waals surface area contributed by atoms with Crippen molar-refractivity contribution in [1.29, 1.82) is 0 Å². The standard InChI is InChI=1S/C18H17NO3/c1-11-6-5-9-15(12(11)2)19-17(20)16-10-13-7-3-4-8-14(13)18(21)22-16/h3-9,16H,10H2,1-2H3,(H,19,20). The van der Waals surface area contributed by atoms with Gasteiger partial charge in [0.15, 0.2) is 6.10 Å². The maximum Gasteiger partial charge on any atom is 0.339 e. The quantitative estimate of drug-likeness (QED) is 0.866. The summed E-state index contributed by atoms with van der Waals surface area (Å²) < 4.78 is 5.27. The summed E-state index contributed by atoms with van der Waals surface area (Å²) >= 11 is 0. The van der Waals surface area contributed by atoms with Gasteiger partial charge in [0.25, 0.3) is 5.91 Å². The summed E-state index contributed by atoms with van der Waals surface area (Å²) in [4.78, 5) is 24.4. The first-order chi connectivity index (χ1) is 10.6. The van der Waals surface area contributed by atoms with Crippen LogP contribution in [0.1, 0.15) is 27.0 Å². The van der Waals surface area contributed by atoms with Gasteiger partial charge in [0.05, 0.1) is 5.56 Å². The first-order valence-electron chi connectivity index (χ1n) is 7.22. The lowest BCUT2D eigenvalue weighted by atomic mass is 9.98. The number of amides is 1. The Labute approximate surface area is 129 Å². The molecule has 1 heterocycles. The van der Waals surface area contributed by atoms with Gasteiger partial charge < -0.3 is 10.1 Å². The second-order valence-electron chi connectivity index (χ2n) is 5.49. The molecule has 112 valence electrons. The molecule has 1 atom stereocenters. The zero-order chi connectivity index (χ0) is 15.7. The van der Waals surface area contributed by atoms with Gasteiger partial charge in [0.2, 0.25) is 0 Å². The molecule has 1 amide bonds. The van der Waals surface area contributed by atoms with Crippen LogP contribution in [0.4, 0.5) is 5.69 Å². The van der Waals surface area contributed by atoms with Crippen molar-refractivity contribution >= 4 is 17.6 Å². The van der Waals surface area contributed by atoms with Crippen molar-refractivity contribution in [2.24, 2.45) is 0 Å². The lowest BCUT2D eigenvalue weighted by Crippen LogP contribution is -2.38. The van der Waals surface area contributed by atoms with Crippen molar-refractivity contribution in [3.8, 4) is 0 Å². The van der Waals surface area contributed by atoms with Crippen molar-refractivity contribution < 1.29 is 14.3 Å². The van der Waals surface area contributed by atoms with Crippen molar-refractivity contribution in [3.05, 3.63) is 64.7 Å². The van der Waals surface area contributed by atoms with E-state index < -0.39 is 12.1 Å². The summed E-state index contributed by atoms with van der Waals surface area (Å²) in [6.45, 7) is 3.94. The topological polar surface area (TPSA) is 55.4 Å². The number of anilines is 1. The monoisotopic (exact) mass is 295 g/mol. The molecule has 0 fully saturated rings. The van der Waals surface area contributed by atoms with Crippen molar-refractivity contribution in [2.45, 2.75) is 26.4 Å². The van der Waals surface area contributed by atoms with Gasteiger partial charge in [-0.25, -0.2) is 4.79 Å². The zero-order valence-corrected chi connectivity index (χ0v) is 12.6. The van der Waals surface area contributed by atoms with E-state index in [9.17, 15) is 9.59 Å². The van der Waals surface area contributed by atoms with Crippen LogP contribution < -0.4 is 5.32 Å². The average Bonchev–Trinajstić information content (AvgIpc) is 2.52. The number of hydrogen-bond donors (Lipinski definition) is 1. The number of aryl methyl sites for hydroxylation is 1. The Bertz CT molecular complexity index is 752. The van der Waals surface area contributed by atoms with Crippen LogP contribution in [-0.2, 0) is 16.0 Å². The number of carbonyl (C=O) groups is 2. The molecule has 1 unspecified atom stereocenters. The molecule has 0 spiro atoms. The number of fused-ring (bicyclic) bond motifs is 1. The number of esters is 1. The Morgan fingerprint density at radius 3 is 2.73 bits per heavy atom. The largest absolute Gasteiger partial charge is 0.448 e. The van der Waals surface area contributed by atoms with E-state index in [0.29, 0.717) is 12.0 Å². The highest BCUT2D eigenvalue weighted by Crippen LogP contribution is 2.23. The van der Waals surface area contributed by atoms with Crippen molar-refractivity contribution in [2.75, 3.05) is 5.32 Å². The van der Waals surface area contributed by atoms with E-state index >= 15 is 0 Å². The van der Waals surface area contributed by atoms with Gasteiger partial charge in [-0.15, -0.1) is 0 Å². The predicted molar refractivity (Wildman–Crippen MR) is 83.9 cm³/mol. The Morgan fingerprint density at radius 1 is 1.14 bits per heavy atom. The SMILES string of the molecule is Cc1cccc(NC(=O)C2Cc3ccccc3C(=O)O2)c1C. The van der Waals surface area contributed by atoms with Crippen LogP contribution in [0, 0.1) is 13.8 Å². The highest BCUT2D eigenvalue weighted by Gasteiger charge is 2.31. The van der Waals surface area contributed by atoms with Crippen molar-refractivity contribution in [3.63, 3.8) is 0 Å². The molecule has 4 heteroatoms. The lowest BCUT2D eigenvalue weighted by molar-refractivity contribution is -0.125. The lowest BCUT2D eigenvalue weighted by Gasteiger charge is -2.24. The summed E-state index contributed by atoms with van der Waals surface area (Å²) in [7, 11) is 0. The minimum Gasteiger partial charge on any atom is -0.448 e. The maximum atomic E-state index is 12.4. The van der Waals surface area contributed by atoms with Gasteiger partial charge in [-0.3, -0.25) is 4.79 Å². The molecule has 1 aliphatic heterocycles. The molecule has 3 rings (SSSR count). The van der Waals surface area contributed by atoms with E-state index in [2.05, 4.69) is 5.32 Å². The molecular weight excluding hydrogens is 278 g/mol. The molecule has 0 saturated carbocycles. The molecule has 0 radical (unpaired) electrons. The van der Waals surface area contributed by atoms with Crippen molar-refractivity contribution in [1.82, 2.24) is 0 Å². The fourth-order valence-electron chi connectivity index (χ4n) is 2.58. The van der Waals surface area contributed by atoms with E-state index in [4.69, 9.17) is 4.74 Å². The number of benzene rings is 2. The number of cyclic esters (lactones) is 1. The van der Waals surface area contributed by atoms with Crippen LogP contribution in [0.3, 0.4) is 0 Å². The van der Waals surface area contributed by atoms with Gasteiger partial charge in [-0.05, 0) is 42.7 Å². The molecule has 0 bridgehead atoms. The smallest absolute Gasteiger partial charge is 0.339 e. The van der Waals surface area contributed by atoms with E-state index in [1.807, 2.05) is 44.2 Å². The van der Waals surface area contributed by atoms with Gasteiger partial charge >= 0.3 is 5.97 Å². The fourth-order valence-corrected chi connectivity index (χ4v) is 2.58. The summed E-state index contributed by atoms with van der Waals surface area (Å²) in [6, 6.07) is 12.9. The van der Waals surface area contributed by atoms with Crippen LogP contribution in [0.2, 0.25) is 0 Å². The molecule has 4 nitrogen and oxygen atoms in total. The second-order valence-corrected chi connectivity index (χ2v) is 5.49. The molecule has 0 saturated heterocycles. The van der Waals surface area contributed by atoms with Crippen LogP contribution in [-0.4, -0.2) is 18.0 Å². The molecule has 22 heavy (non-hydrogen) atoms. The van der Waals surface area contributed by atoms with Gasteiger partial charge in [-0.2, -0.15) is 0 Å². The molecule has 2 aromatic carbocycles. The Balaban J connectivity index is 1.80. The number of hydrogen-bond acceptors (Lipinski definition) is 3. The van der Waals surface area contributed by atoms with Crippen LogP contribution in [0.5, 0.6) is 0 Å². The fraction of sp³-hybridized carbons (Fsp3) is 0.222. The van der Waals surface area contributed by atoms with Gasteiger partial charge in [0, 0.05) is 12.1 Å². The van der Waals surface area contributed by atoms with Crippen LogP contribution in [0.25, 0.3) is 0 Å². The first-order valence-corrected chi connectivity index (χ1v) is 7.22. The predicted octanol–water partition coefficient (Wildman–Crippen LogP) is 3.02. The average molecular weight is 295 g/mol. The summed E-state index contributed by atoms with van der Waals surface area (Å²) in [5.74, 6) is -0.737. The Kier molecular flexibility index (Phi) is 3.67. The zero-order valence-electron chi connectivity index (χ0n) is 12.6. The molecular formula is C18H17NO3. The normalized spacial score (nSPS) is 16.6. The summed E-state index contributed by atoms with van der Waals surface area (Å²) in [5, 5.41) is 2.86. The third-order valence-electron chi connectivity index (χ3n) is 4.05. The van der Waals surface area contributed by atoms with E-state index in [1.165, 1.54) is 0 Å². The summed E-state index contributed by atoms with van der Waals surface area (Å²) in [6.07, 6.45) is -0.388. The number of ether oxygens (including phenoxy) is 1. The molecule has 0 aromatic heterocycles. The van der Waals surface area contributed by atoms with E-state index in [-0.39, 0.29) is 5.91 Å². The summed E-state index contributed by atoms with van der Waals surface area (Å²) in [5.41, 5.74) is 4.25. The molecule has 1 N–H and O–H groups in total. The molecule has 0 aliphatic carbocycles. The molecule has 2 aromatic rings. The second kappa shape index (κ2) is 5.64. The number of nitrogens with one attached hydrogen (secondary N) is 1. The highest BCUT2D eigenvalue weighted by atomic mass is 16.5. The highest BCUT2D eigenvalue weighted by molar-refractivity contribution is 6.00. The maximum absolute atomic E-state index is 12.4. The third-order valence-corrected chi connectivity index (χ3v) is 4.05. The van der Waals surface area contributed by atoms with Gasteiger partial charge in [-0.1, -0.05) is 30.3 Å². The third kappa shape index (κ3) is 2.60. The minimum atomic E-state index is -0.790. The van der Waals surface area contributed by atoms with E-state index in [0.717, 1.165) is 22.4 Å². The van der Waals surface area contributed by atoms with Crippen LogP contribution >= 0.6 is 0 Å². The number of rotatable bonds is 2. The van der Waals surface area contributed by atoms with Gasteiger partial charge in [0.1, 0.15) is 0 Å². The number of carbonyl (C=O) groups excluding carboxylic acids is 2. The Morgan fingerprint density at radius 2 is 1.91 bits per heavy atom.